The van der Waals surface area contributed by atoms with Gasteiger partial charge >= 0.3 is 6.18 Å². The van der Waals surface area contributed by atoms with Gasteiger partial charge in [-0.1, -0.05) is 12.1 Å². The number of nitrogens with one attached hydrogen (secondary N) is 1. The van der Waals surface area contributed by atoms with E-state index < -0.39 is 17.8 Å². The van der Waals surface area contributed by atoms with Crippen LogP contribution >= 0.6 is 0 Å². The highest BCUT2D eigenvalue weighted by molar-refractivity contribution is 5.80. The summed E-state index contributed by atoms with van der Waals surface area (Å²) in [6.07, 6.45) is -4.34. The van der Waals surface area contributed by atoms with Crippen molar-refractivity contribution in [3.8, 4) is 0 Å². The number of amides is 1. The third-order valence-electron chi connectivity index (χ3n) is 2.16. The van der Waals surface area contributed by atoms with E-state index in [9.17, 15) is 18.0 Å². The van der Waals surface area contributed by atoms with E-state index in [1.54, 1.807) is 0 Å². The Morgan fingerprint density at radius 1 is 1.35 bits per heavy atom. The van der Waals surface area contributed by atoms with E-state index in [-0.39, 0.29) is 12.5 Å². The molecule has 3 N–H and O–H groups in total. The Balaban J connectivity index is 2.61. The van der Waals surface area contributed by atoms with Crippen molar-refractivity contribution in [2.45, 2.75) is 25.7 Å². The van der Waals surface area contributed by atoms with Crippen molar-refractivity contribution in [3.63, 3.8) is 0 Å². The predicted octanol–water partition coefficient (Wildman–Crippen LogP) is 1.67. The van der Waals surface area contributed by atoms with Crippen molar-refractivity contribution in [1.29, 1.82) is 0 Å². The summed E-state index contributed by atoms with van der Waals surface area (Å²) < 4.78 is 36.8. The summed E-state index contributed by atoms with van der Waals surface area (Å²) in [4.78, 5) is 11.1. The lowest BCUT2D eigenvalue weighted by Crippen LogP contribution is -2.37. The number of carbonyl (C=O) groups is 1. The molecular weight excluding hydrogens is 233 g/mol. The number of hydrogen-bond donors (Lipinski definition) is 2. The van der Waals surface area contributed by atoms with Crippen molar-refractivity contribution >= 4 is 5.91 Å². The summed E-state index contributed by atoms with van der Waals surface area (Å²) >= 11 is 0. The number of rotatable bonds is 3. The van der Waals surface area contributed by atoms with Gasteiger partial charge in [-0.25, -0.2) is 0 Å². The molecule has 1 aromatic carbocycles. The Morgan fingerprint density at radius 3 is 2.29 bits per heavy atom. The van der Waals surface area contributed by atoms with E-state index in [0.29, 0.717) is 5.56 Å². The molecule has 17 heavy (non-hydrogen) atoms. The van der Waals surface area contributed by atoms with Crippen molar-refractivity contribution in [2.75, 3.05) is 0 Å². The minimum atomic E-state index is -4.34. The average Bonchev–Trinajstić information content (AvgIpc) is 2.25. The minimum absolute atomic E-state index is 0.165. The van der Waals surface area contributed by atoms with Crippen LogP contribution in [0, 0.1) is 0 Å². The summed E-state index contributed by atoms with van der Waals surface area (Å²) in [6.45, 7) is 1.70. The van der Waals surface area contributed by atoms with Gasteiger partial charge in [0.15, 0.2) is 0 Å². The van der Waals surface area contributed by atoms with Gasteiger partial charge in [0.05, 0.1) is 11.6 Å². The van der Waals surface area contributed by atoms with Gasteiger partial charge < -0.3 is 11.1 Å². The number of benzene rings is 1. The van der Waals surface area contributed by atoms with Crippen molar-refractivity contribution in [2.24, 2.45) is 5.73 Å². The molecule has 0 aliphatic carbocycles. The molecule has 0 radical (unpaired) electrons. The third kappa shape index (κ3) is 4.07. The number of alkyl halides is 3. The summed E-state index contributed by atoms with van der Waals surface area (Å²) in [6, 6.07) is 3.97. The quantitative estimate of drug-likeness (QED) is 0.852. The maximum atomic E-state index is 12.3. The highest BCUT2D eigenvalue weighted by Gasteiger charge is 2.29. The summed E-state index contributed by atoms with van der Waals surface area (Å²) in [7, 11) is 0. The Kier molecular flexibility index (Phi) is 4.11. The topological polar surface area (TPSA) is 55.1 Å². The Morgan fingerprint density at radius 2 is 1.88 bits per heavy atom. The Bertz CT molecular complexity index is 385. The predicted molar refractivity (Wildman–Crippen MR) is 56.9 cm³/mol. The normalized spacial score (nSPS) is 13.2. The fraction of sp³-hybridized carbons (Fsp3) is 0.364. The van der Waals surface area contributed by atoms with E-state index >= 15 is 0 Å². The van der Waals surface area contributed by atoms with Crippen LogP contribution < -0.4 is 11.1 Å². The lowest BCUT2D eigenvalue weighted by molar-refractivity contribution is -0.137. The van der Waals surface area contributed by atoms with E-state index in [1.807, 2.05) is 0 Å². The average molecular weight is 246 g/mol. The molecule has 0 unspecified atom stereocenters. The molecule has 1 amide bonds. The van der Waals surface area contributed by atoms with Crippen LogP contribution in [0.2, 0.25) is 0 Å². The van der Waals surface area contributed by atoms with Gasteiger partial charge in [-0.2, -0.15) is 13.2 Å². The lowest BCUT2D eigenvalue weighted by Gasteiger charge is -2.09. The standard InChI is InChI=1S/C11H13F3N2O/c1-7(15)10(17)16-6-8-2-4-9(5-3-8)11(12,13)14/h2-5,7H,6,15H2,1H3,(H,16,17)/t7-/m1/s1. The fourth-order valence-corrected chi connectivity index (χ4v) is 1.16. The largest absolute Gasteiger partial charge is 0.416 e. The number of carbonyl (C=O) groups excluding carboxylic acids is 1. The van der Waals surface area contributed by atoms with Gasteiger partial charge in [-0.15, -0.1) is 0 Å². The SMILES string of the molecule is C[C@@H](N)C(=O)NCc1ccc(C(F)(F)F)cc1. The third-order valence-corrected chi connectivity index (χ3v) is 2.16. The first-order chi connectivity index (χ1) is 7.80. The molecule has 0 aliphatic rings. The smallest absolute Gasteiger partial charge is 0.351 e. The van der Waals surface area contributed by atoms with Gasteiger partial charge in [-0.05, 0) is 24.6 Å². The van der Waals surface area contributed by atoms with Gasteiger partial charge in [0.25, 0.3) is 0 Å². The molecule has 0 fully saturated rings. The van der Waals surface area contributed by atoms with Crippen molar-refractivity contribution in [3.05, 3.63) is 35.4 Å². The number of nitrogens with two attached hydrogens (primary N) is 1. The van der Waals surface area contributed by atoms with Crippen LogP contribution in [0.15, 0.2) is 24.3 Å². The highest BCUT2D eigenvalue weighted by atomic mass is 19.4. The molecule has 1 aromatic rings. The molecule has 0 aliphatic heterocycles. The first kappa shape index (κ1) is 13.5. The monoisotopic (exact) mass is 246 g/mol. The Hall–Kier alpha value is -1.56. The zero-order chi connectivity index (χ0) is 13.1. The molecule has 6 heteroatoms. The zero-order valence-electron chi connectivity index (χ0n) is 9.21. The first-order valence-corrected chi connectivity index (χ1v) is 5.00. The van der Waals surface area contributed by atoms with Crippen LogP contribution in [0.25, 0.3) is 0 Å². The fourth-order valence-electron chi connectivity index (χ4n) is 1.16. The van der Waals surface area contributed by atoms with Gasteiger partial charge in [0, 0.05) is 6.54 Å². The second-order valence-corrected chi connectivity index (χ2v) is 3.70. The molecule has 0 spiro atoms. The van der Waals surface area contributed by atoms with Crippen LogP contribution in [0.5, 0.6) is 0 Å². The lowest BCUT2D eigenvalue weighted by atomic mass is 10.1. The van der Waals surface area contributed by atoms with E-state index in [0.717, 1.165) is 12.1 Å². The Labute approximate surface area is 96.8 Å². The van der Waals surface area contributed by atoms with E-state index in [4.69, 9.17) is 5.73 Å². The minimum Gasteiger partial charge on any atom is -0.351 e. The molecule has 0 bridgehead atoms. The molecular formula is C11H13F3N2O. The summed E-state index contributed by atoms with van der Waals surface area (Å²) in [5, 5.41) is 2.51. The molecule has 3 nitrogen and oxygen atoms in total. The molecule has 0 saturated heterocycles. The highest BCUT2D eigenvalue weighted by Crippen LogP contribution is 2.28. The van der Waals surface area contributed by atoms with Crippen LogP contribution in [-0.4, -0.2) is 11.9 Å². The van der Waals surface area contributed by atoms with Gasteiger partial charge in [0.1, 0.15) is 0 Å². The van der Waals surface area contributed by atoms with E-state index in [1.165, 1.54) is 19.1 Å². The van der Waals surface area contributed by atoms with Crippen LogP contribution in [-0.2, 0) is 17.5 Å². The van der Waals surface area contributed by atoms with Crippen molar-refractivity contribution < 1.29 is 18.0 Å². The molecule has 94 valence electrons. The number of halogens is 3. The summed E-state index contributed by atoms with van der Waals surface area (Å²) in [5.41, 5.74) is 5.20. The maximum Gasteiger partial charge on any atom is 0.416 e. The molecule has 0 heterocycles. The van der Waals surface area contributed by atoms with Crippen LogP contribution in [0.3, 0.4) is 0 Å². The van der Waals surface area contributed by atoms with Gasteiger partial charge in [-0.3, -0.25) is 4.79 Å². The number of hydrogen-bond acceptors (Lipinski definition) is 2. The first-order valence-electron chi connectivity index (χ1n) is 5.00. The second kappa shape index (κ2) is 5.18. The molecule has 0 saturated carbocycles. The zero-order valence-corrected chi connectivity index (χ0v) is 9.21. The van der Waals surface area contributed by atoms with E-state index in [2.05, 4.69) is 5.32 Å². The molecule has 0 aromatic heterocycles. The van der Waals surface area contributed by atoms with Crippen LogP contribution in [0.4, 0.5) is 13.2 Å². The van der Waals surface area contributed by atoms with Crippen molar-refractivity contribution in [1.82, 2.24) is 5.32 Å². The molecule has 1 atom stereocenters. The van der Waals surface area contributed by atoms with Crippen LogP contribution in [0.1, 0.15) is 18.1 Å². The summed E-state index contributed by atoms with van der Waals surface area (Å²) in [5.74, 6) is -0.343. The maximum absolute atomic E-state index is 12.3. The molecule has 1 rings (SSSR count). The second-order valence-electron chi connectivity index (χ2n) is 3.70. The van der Waals surface area contributed by atoms with Gasteiger partial charge in [0.2, 0.25) is 5.91 Å².